The van der Waals surface area contributed by atoms with Crippen LogP contribution in [0.5, 0.6) is 0 Å². The third kappa shape index (κ3) is 2.08. The second kappa shape index (κ2) is 4.48. The van der Waals surface area contributed by atoms with E-state index in [0.717, 1.165) is 11.8 Å². The second-order valence-electron chi connectivity index (χ2n) is 5.06. The van der Waals surface area contributed by atoms with Gasteiger partial charge >= 0.3 is 0 Å². The Morgan fingerprint density at radius 1 is 1.08 bits per heavy atom. The molecular weight excluding hydrogens is 156 g/mol. The van der Waals surface area contributed by atoms with Crippen LogP contribution >= 0.6 is 0 Å². The molecule has 0 heterocycles. The fourth-order valence-corrected chi connectivity index (χ4v) is 3.51. The molecule has 0 spiro atoms. The molecule has 2 unspecified atom stereocenters. The van der Waals surface area contributed by atoms with E-state index in [4.69, 9.17) is 0 Å². The Kier molecular flexibility index (Phi) is 3.82. The molecule has 1 fully saturated rings. The van der Waals surface area contributed by atoms with Crippen LogP contribution in [-0.2, 0) is 0 Å². The Labute approximate surface area is 84.1 Å². The lowest BCUT2D eigenvalue weighted by atomic mass is 9.60. The Balaban J connectivity index is 2.73. The molecule has 1 saturated carbocycles. The molecule has 2 atom stereocenters. The van der Waals surface area contributed by atoms with Crippen LogP contribution in [-0.4, -0.2) is 0 Å². The summed E-state index contributed by atoms with van der Waals surface area (Å²) in [6.45, 7) is 9.60. The molecule has 13 heavy (non-hydrogen) atoms. The summed E-state index contributed by atoms with van der Waals surface area (Å²) in [5, 5.41) is 0. The minimum absolute atomic E-state index is 0.701. The fourth-order valence-electron chi connectivity index (χ4n) is 3.51. The zero-order valence-electron chi connectivity index (χ0n) is 9.90. The molecule has 0 aliphatic heterocycles. The van der Waals surface area contributed by atoms with Gasteiger partial charge in [-0.15, -0.1) is 0 Å². The van der Waals surface area contributed by atoms with Gasteiger partial charge in [-0.3, -0.25) is 0 Å². The summed E-state index contributed by atoms with van der Waals surface area (Å²) in [5.41, 5.74) is 0.701. The average Bonchev–Trinajstić information content (AvgIpc) is 2.17. The maximum absolute atomic E-state index is 2.44. The first-order chi connectivity index (χ1) is 6.18. The van der Waals surface area contributed by atoms with Crippen LogP contribution in [0.25, 0.3) is 0 Å². The first kappa shape index (κ1) is 11.1. The van der Waals surface area contributed by atoms with Crippen molar-refractivity contribution in [3.63, 3.8) is 0 Å². The van der Waals surface area contributed by atoms with Gasteiger partial charge in [-0.25, -0.2) is 0 Å². The van der Waals surface area contributed by atoms with Gasteiger partial charge in [-0.2, -0.15) is 0 Å². The molecule has 1 aliphatic rings. The summed E-state index contributed by atoms with van der Waals surface area (Å²) < 4.78 is 0. The van der Waals surface area contributed by atoms with Crippen molar-refractivity contribution in [2.45, 2.75) is 66.2 Å². The molecule has 0 heteroatoms. The smallest absolute Gasteiger partial charge is 0.0272 e. The first-order valence-corrected chi connectivity index (χ1v) is 6.18. The molecule has 1 aliphatic carbocycles. The van der Waals surface area contributed by atoms with Crippen molar-refractivity contribution < 1.29 is 0 Å². The largest absolute Gasteiger partial charge is 0.0651 e. The Morgan fingerprint density at radius 3 is 2.15 bits per heavy atom. The Hall–Kier alpha value is 0. The molecule has 1 rings (SSSR count). The zero-order chi connectivity index (χ0) is 9.90. The van der Waals surface area contributed by atoms with E-state index in [1.165, 1.54) is 38.5 Å². The highest BCUT2D eigenvalue weighted by molar-refractivity contribution is 4.89. The van der Waals surface area contributed by atoms with Crippen LogP contribution in [0.15, 0.2) is 0 Å². The standard InChI is InChI=1S/C13H26/c1-5-12-9-8-11(4)10-13(12,6-2)7-3/h11-12H,5-10H2,1-4H3. The summed E-state index contributed by atoms with van der Waals surface area (Å²) in [6.07, 6.45) is 8.63. The number of hydrogen-bond donors (Lipinski definition) is 0. The summed E-state index contributed by atoms with van der Waals surface area (Å²) in [7, 11) is 0. The van der Waals surface area contributed by atoms with Crippen LogP contribution in [0.1, 0.15) is 66.2 Å². The van der Waals surface area contributed by atoms with Gasteiger partial charge in [0.1, 0.15) is 0 Å². The fraction of sp³-hybridized carbons (Fsp3) is 1.00. The van der Waals surface area contributed by atoms with Crippen LogP contribution < -0.4 is 0 Å². The molecule has 0 aromatic carbocycles. The first-order valence-electron chi connectivity index (χ1n) is 6.18. The SMILES string of the molecule is CCC1CCC(C)CC1(CC)CC. The molecule has 0 aromatic rings. The van der Waals surface area contributed by atoms with E-state index in [0.29, 0.717) is 5.41 Å². The minimum atomic E-state index is 0.701. The predicted octanol–water partition coefficient (Wildman–Crippen LogP) is 4.64. The molecule has 0 N–H and O–H groups in total. The van der Waals surface area contributed by atoms with Crippen molar-refractivity contribution in [3.05, 3.63) is 0 Å². The Morgan fingerprint density at radius 2 is 1.69 bits per heavy atom. The molecule has 0 bridgehead atoms. The summed E-state index contributed by atoms with van der Waals surface area (Å²) >= 11 is 0. The molecule has 0 amide bonds. The van der Waals surface area contributed by atoms with Crippen molar-refractivity contribution in [3.8, 4) is 0 Å². The van der Waals surface area contributed by atoms with E-state index in [1.54, 1.807) is 0 Å². The van der Waals surface area contributed by atoms with Gasteiger partial charge in [0.15, 0.2) is 0 Å². The van der Waals surface area contributed by atoms with Gasteiger partial charge in [0.05, 0.1) is 0 Å². The zero-order valence-corrected chi connectivity index (χ0v) is 9.90. The maximum Gasteiger partial charge on any atom is -0.0272 e. The van der Waals surface area contributed by atoms with E-state index >= 15 is 0 Å². The summed E-state index contributed by atoms with van der Waals surface area (Å²) in [6, 6.07) is 0. The lowest BCUT2D eigenvalue weighted by Crippen LogP contribution is -2.35. The minimum Gasteiger partial charge on any atom is -0.0651 e. The maximum atomic E-state index is 2.44. The van der Waals surface area contributed by atoms with Gasteiger partial charge in [0.2, 0.25) is 0 Å². The van der Waals surface area contributed by atoms with Gasteiger partial charge in [0.25, 0.3) is 0 Å². The predicted molar refractivity (Wildman–Crippen MR) is 59.8 cm³/mol. The monoisotopic (exact) mass is 182 g/mol. The average molecular weight is 182 g/mol. The van der Waals surface area contributed by atoms with E-state index in [1.807, 2.05) is 0 Å². The van der Waals surface area contributed by atoms with Gasteiger partial charge in [-0.1, -0.05) is 53.4 Å². The van der Waals surface area contributed by atoms with Crippen LogP contribution in [0.3, 0.4) is 0 Å². The number of hydrogen-bond acceptors (Lipinski definition) is 0. The summed E-state index contributed by atoms with van der Waals surface area (Å²) in [5.74, 6) is 1.99. The Bertz CT molecular complexity index is 144. The molecule has 78 valence electrons. The van der Waals surface area contributed by atoms with Crippen molar-refractivity contribution in [1.29, 1.82) is 0 Å². The second-order valence-corrected chi connectivity index (χ2v) is 5.06. The van der Waals surface area contributed by atoms with E-state index in [2.05, 4.69) is 27.7 Å². The van der Waals surface area contributed by atoms with Crippen molar-refractivity contribution in [1.82, 2.24) is 0 Å². The number of rotatable bonds is 3. The molecule has 0 aromatic heterocycles. The lowest BCUT2D eigenvalue weighted by Gasteiger charge is -2.46. The normalized spacial score (nSPS) is 33.2. The highest BCUT2D eigenvalue weighted by Gasteiger charge is 2.38. The molecule has 0 radical (unpaired) electrons. The van der Waals surface area contributed by atoms with Gasteiger partial charge in [-0.05, 0) is 30.1 Å². The highest BCUT2D eigenvalue weighted by atomic mass is 14.4. The van der Waals surface area contributed by atoms with E-state index in [9.17, 15) is 0 Å². The third-order valence-corrected chi connectivity index (χ3v) is 4.53. The molecular formula is C13H26. The van der Waals surface area contributed by atoms with Crippen LogP contribution in [0.2, 0.25) is 0 Å². The third-order valence-electron chi connectivity index (χ3n) is 4.53. The highest BCUT2D eigenvalue weighted by Crippen LogP contribution is 2.49. The van der Waals surface area contributed by atoms with Gasteiger partial charge < -0.3 is 0 Å². The van der Waals surface area contributed by atoms with E-state index in [-0.39, 0.29) is 0 Å². The van der Waals surface area contributed by atoms with E-state index < -0.39 is 0 Å². The lowest BCUT2D eigenvalue weighted by molar-refractivity contribution is 0.0510. The van der Waals surface area contributed by atoms with Gasteiger partial charge in [0, 0.05) is 0 Å². The van der Waals surface area contributed by atoms with Crippen molar-refractivity contribution in [2.24, 2.45) is 17.3 Å². The quantitative estimate of drug-likeness (QED) is 0.596. The van der Waals surface area contributed by atoms with Crippen LogP contribution in [0, 0.1) is 17.3 Å². The van der Waals surface area contributed by atoms with Crippen molar-refractivity contribution >= 4 is 0 Å². The molecule has 0 nitrogen and oxygen atoms in total. The summed E-state index contributed by atoms with van der Waals surface area (Å²) in [4.78, 5) is 0. The van der Waals surface area contributed by atoms with Crippen molar-refractivity contribution in [2.75, 3.05) is 0 Å². The van der Waals surface area contributed by atoms with Crippen LogP contribution in [0.4, 0.5) is 0 Å². The topological polar surface area (TPSA) is 0 Å². The molecule has 0 saturated heterocycles.